The third kappa shape index (κ3) is 4.19. The van der Waals surface area contributed by atoms with Crippen molar-refractivity contribution in [2.24, 2.45) is 0 Å². The van der Waals surface area contributed by atoms with Crippen LogP contribution in [0.5, 0.6) is 0 Å². The van der Waals surface area contributed by atoms with Crippen molar-refractivity contribution in [1.29, 1.82) is 0 Å². The van der Waals surface area contributed by atoms with Crippen molar-refractivity contribution in [2.75, 3.05) is 31.1 Å². The number of amides is 1. The zero-order valence-corrected chi connectivity index (χ0v) is 14.9. The number of nitrogens with zero attached hydrogens (tertiary/aromatic N) is 2. The summed E-state index contributed by atoms with van der Waals surface area (Å²) in [6, 6.07) is 14.5. The van der Waals surface area contributed by atoms with Crippen molar-refractivity contribution < 1.29 is 9.18 Å². The predicted molar refractivity (Wildman–Crippen MR) is 99.7 cm³/mol. The van der Waals surface area contributed by atoms with Crippen LogP contribution in [0.15, 0.2) is 48.5 Å². The molecule has 1 aliphatic heterocycles. The molecule has 0 spiro atoms. The quantitative estimate of drug-likeness (QED) is 0.832. The van der Waals surface area contributed by atoms with E-state index >= 15 is 0 Å². The van der Waals surface area contributed by atoms with Gasteiger partial charge in [-0.15, -0.1) is 0 Å². The van der Waals surface area contributed by atoms with Crippen LogP contribution in [0.3, 0.4) is 0 Å². The summed E-state index contributed by atoms with van der Waals surface area (Å²) in [7, 11) is 0. The van der Waals surface area contributed by atoms with E-state index < -0.39 is 0 Å². The first-order valence-corrected chi connectivity index (χ1v) is 8.94. The van der Waals surface area contributed by atoms with Gasteiger partial charge in [0.1, 0.15) is 5.82 Å². The van der Waals surface area contributed by atoms with Gasteiger partial charge in [-0.3, -0.25) is 4.79 Å². The number of hydrogen-bond acceptors (Lipinski definition) is 2. The fraction of sp³-hybridized carbons (Fsp3) is 0.381. The molecule has 1 fully saturated rings. The van der Waals surface area contributed by atoms with E-state index in [2.05, 4.69) is 18.7 Å². The molecule has 4 heteroatoms. The smallest absolute Gasteiger partial charge is 0.253 e. The summed E-state index contributed by atoms with van der Waals surface area (Å²) in [6.07, 6.45) is 0.910. The molecule has 1 heterocycles. The molecule has 0 aromatic heterocycles. The molecule has 3 rings (SSSR count). The summed E-state index contributed by atoms with van der Waals surface area (Å²) in [5, 5.41) is 0. The van der Waals surface area contributed by atoms with Gasteiger partial charge in [0, 0.05) is 37.4 Å². The molecule has 3 nitrogen and oxygen atoms in total. The maximum Gasteiger partial charge on any atom is 0.253 e. The van der Waals surface area contributed by atoms with Gasteiger partial charge in [0.2, 0.25) is 0 Å². The first kappa shape index (κ1) is 17.5. The van der Waals surface area contributed by atoms with Crippen LogP contribution in [-0.2, 0) is 0 Å². The molecule has 25 heavy (non-hydrogen) atoms. The van der Waals surface area contributed by atoms with Crippen LogP contribution < -0.4 is 4.90 Å². The Hall–Kier alpha value is -2.36. The number of anilines is 1. The average molecular weight is 340 g/mol. The van der Waals surface area contributed by atoms with Crippen molar-refractivity contribution in [3.63, 3.8) is 0 Å². The standard InChI is InChI=1S/C21H25FN2O/c1-16(2)17-4-6-18(7-5-17)21(25)24-13-3-12-23(14-15-24)20-10-8-19(22)9-11-20/h4-11,16H,3,12-15H2,1-2H3. The van der Waals surface area contributed by atoms with Gasteiger partial charge in [-0.25, -0.2) is 4.39 Å². The Morgan fingerprint density at radius 2 is 1.60 bits per heavy atom. The Bertz CT molecular complexity index is 710. The average Bonchev–Trinajstić information content (AvgIpc) is 2.88. The first-order chi connectivity index (χ1) is 12.0. The summed E-state index contributed by atoms with van der Waals surface area (Å²) >= 11 is 0. The van der Waals surface area contributed by atoms with Gasteiger partial charge in [0.15, 0.2) is 0 Å². The Balaban J connectivity index is 1.65. The Morgan fingerprint density at radius 1 is 0.920 bits per heavy atom. The summed E-state index contributed by atoms with van der Waals surface area (Å²) in [4.78, 5) is 16.9. The van der Waals surface area contributed by atoms with Crippen molar-refractivity contribution in [3.05, 3.63) is 65.5 Å². The number of carbonyl (C=O) groups excluding carboxylic acids is 1. The van der Waals surface area contributed by atoms with E-state index in [1.54, 1.807) is 12.1 Å². The number of benzene rings is 2. The lowest BCUT2D eigenvalue weighted by atomic mass is 10.0. The molecule has 1 aliphatic rings. The maximum atomic E-state index is 13.1. The van der Waals surface area contributed by atoms with Crippen LogP contribution in [0.1, 0.15) is 42.1 Å². The minimum Gasteiger partial charge on any atom is -0.370 e. The topological polar surface area (TPSA) is 23.6 Å². The van der Waals surface area contributed by atoms with E-state index in [0.29, 0.717) is 12.5 Å². The Labute approximate surface area is 149 Å². The van der Waals surface area contributed by atoms with Gasteiger partial charge >= 0.3 is 0 Å². The normalized spacial score (nSPS) is 15.4. The number of hydrogen-bond donors (Lipinski definition) is 0. The molecule has 2 aromatic rings. The van der Waals surface area contributed by atoms with E-state index in [-0.39, 0.29) is 11.7 Å². The van der Waals surface area contributed by atoms with E-state index in [9.17, 15) is 9.18 Å². The lowest BCUT2D eigenvalue weighted by Gasteiger charge is -2.24. The maximum absolute atomic E-state index is 13.1. The van der Waals surface area contributed by atoms with Crippen molar-refractivity contribution >= 4 is 11.6 Å². The molecular formula is C21H25FN2O. The summed E-state index contributed by atoms with van der Waals surface area (Å²) in [5.74, 6) is 0.336. The lowest BCUT2D eigenvalue weighted by molar-refractivity contribution is 0.0767. The minimum atomic E-state index is -0.222. The summed E-state index contributed by atoms with van der Waals surface area (Å²) in [5.41, 5.74) is 3.01. The van der Waals surface area contributed by atoms with Gasteiger partial charge in [0.25, 0.3) is 5.91 Å². The van der Waals surface area contributed by atoms with Crippen molar-refractivity contribution in [3.8, 4) is 0 Å². The zero-order chi connectivity index (χ0) is 17.8. The van der Waals surface area contributed by atoms with Gasteiger partial charge in [-0.1, -0.05) is 26.0 Å². The van der Waals surface area contributed by atoms with Crippen LogP contribution in [0.2, 0.25) is 0 Å². The monoisotopic (exact) mass is 340 g/mol. The summed E-state index contributed by atoms with van der Waals surface area (Å²) in [6.45, 7) is 7.37. The van der Waals surface area contributed by atoms with Gasteiger partial charge in [0.05, 0.1) is 0 Å². The van der Waals surface area contributed by atoms with Crippen LogP contribution in [0.25, 0.3) is 0 Å². The van der Waals surface area contributed by atoms with Crippen LogP contribution >= 0.6 is 0 Å². The molecule has 1 saturated heterocycles. The molecular weight excluding hydrogens is 315 g/mol. The Kier molecular flexibility index (Phi) is 5.37. The van der Waals surface area contributed by atoms with Gasteiger partial charge in [-0.2, -0.15) is 0 Å². The molecule has 0 N–H and O–H groups in total. The summed E-state index contributed by atoms with van der Waals surface area (Å²) < 4.78 is 13.1. The van der Waals surface area contributed by atoms with E-state index in [1.807, 2.05) is 29.2 Å². The molecule has 0 atom stereocenters. The molecule has 0 bridgehead atoms. The molecule has 132 valence electrons. The molecule has 1 amide bonds. The van der Waals surface area contributed by atoms with E-state index in [4.69, 9.17) is 0 Å². The highest BCUT2D eigenvalue weighted by atomic mass is 19.1. The second-order valence-electron chi connectivity index (χ2n) is 6.89. The number of carbonyl (C=O) groups is 1. The van der Waals surface area contributed by atoms with Crippen LogP contribution in [0, 0.1) is 5.82 Å². The molecule has 0 unspecified atom stereocenters. The zero-order valence-electron chi connectivity index (χ0n) is 14.9. The molecule has 0 saturated carbocycles. The highest BCUT2D eigenvalue weighted by Crippen LogP contribution is 2.19. The first-order valence-electron chi connectivity index (χ1n) is 8.94. The third-order valence-corrected chi connectivity index (χ3v) is 4.80. The van der Waals surface area contributed by atoms with Gasteiger partial charge < -0.3 is 9.80 Å². The lowest BCUT2D eigenvalue weighted by Crippen LogP contribution is -2.35. The molecule has 0 radical (unpaired) electrons. The van der Waals surface area contributed by atoms with Crippen LogP contribution in [0.4, 0.5) is 10.1 Å². The predicted octanol–water partition coefficient (Wildman–Crippen LogP) is 4.30. The number of halogens is 1. The molecule has 0 aliphatic carbocycles. The van der Waals surface area contributed by atoms with Crippen molar-refractivity contribution in [1.82, 2.24) is 4.90 Å². The number of rotatable bonds is 3. The highest BCUT2D eigenvalue weighted by Gasteiger charge is 2.20. The molecule has 2 aromatic carbocycles. The fourth-order valence-electron chi connectivity index (χ4n) is 3.22. The third-order valence-electron chi connectivity index (χ3n) is 4.80. The van der Waals surface area contributed by atoms with Gasteiger partial charge in [-0.05, 0) is 54.3 Å². The second kappa shape index (κ2) is 7.68. The largest absolute Gasteiger partial charge is 0.370 e. The highest BCUT2D eigenvalue weighted by molar-refractivity contribution is 5.94. The fourth-order valence-corrected chi connectivity index (χ4v) is 3.22. The van der Waals surface area contributed by atoms with Crippen molar-refractivity contribution in [2.45, 2.75) is 26.2 Å². The Morgan fingerprint density at radius 3 is 2.24 bits per heavy atom. The second-order valence-corrected chi connectivity index (χ2v) is 6.89. The van der Waals surface area contributed by atoms with E-state index in [0.717, 1.165) is 37.3 Å². The van der Waals surface area contributed by atoms with E-state index in [1.165, 1.54) is 17.7 Å². The van der Waals surface area contributed by atoms with Crippen LogP contribution in [-0.4, -0.2) is 37.0 Å². The minimum absolute atomic E-state index is 0.0938. The SMILES string of the molecule is CC(C)c1ccc(C(=O)N2CCCN(c3ccc(F)cc3)CC2)cc1.